The Labute approximate surface area is 120 Å². The largest absolute Gasteiger partial charge is 0.346 e. The molecule has 19 heavy (non-hydrogen) atoms. The molecule has 1 aliphatic heterocycles. The summed E-state index contributed by atoms with van der Waals surface area (Å²) in [7, 11) is 2.25. The third kappa shape index (κ3) is 2.65. The molecule has 1 unspecified atom stereocenters. The lowest BCUT2D eigenvalue weighted by Crippen LogP contribution is -2.36. The van der Waals surface area contributed by atoms with E-state index in [1.165, 1.54) is 43.1 Å². The van der Waals surface area contributed by atoms with Gasteiger partial charge in [-0.2, -0.15) is 0 Å². The number of aryl methyl sites for hydroxylation is 1. The van der Waals surface area contributed by atoms with Crippen molar-refractivity contribution < 1.29 is 0 Å². The number of aromatic nitrogens is 1. The quantitative estimate of drug-likeness (QED) is 0.817. The van der Waals surface area contributed by atoms with Crippen molar-refractivity contribution in [1.29, 1.82) is 0 Å². The van der Waals surface area contributed by atoms with Crippen LogP contribution >= 0.6 is 11.6 Å². The molecule has 0 spiro atoms. The van der Waals surface area contributed by atoms with Crippen LogP contribution in [0.2, 0.25) is 5.02 Å². The van der Waals surface area contributed by atoms with E-state index in [4.69, 9.17) is 11.6 Å². The van der Waals surface area contributed by atoms with Gasteiger partial charge in [-0.25, -0.2) is 0 Å². The van der Waals surface area contributed by atoms with Crippen molar-refractivity contribution in [3.63, 3.8) is 0 Å². The first-order valence-electron chi connectivity index (χ1n) is 7.19. The fourth-order valence-corrected chi connectivity index (χ4v) is 3.49. The van der Waals surface area contributed by atoms with Crippen LogP contribution < -0.4 is 0 Å². The smallest absolute Gasteiger partial charge is 0.0669 e. The molecule has 0 amide bonds. The zero-order valence-corrected chi connectivity index (χ0v) is 12.2. The number of hydrogen-bond acceptors (Lipinski definition) is 1. The van der Waals surface area contributed by atoms with Crippen molar-refractivity contribution in [2.45, 2.75) is 38.3 Å². The second-order valence-corrected chi connectivity index (χ2v) is 6.01. The van der Waals surface area contributed by atoms with E-state index < -0.39 is 0 Å². The van der Waals surface area contributed by atoms with Crippen molar-refractivity contribution in [3.8, 4) is 0 Å². The molecule has 0 aliphatic carbocycles. The van der Waals surface area contributed by atoms with Gasteiger partial charge in [0.1, 0.15) is 0 Å². The molecular formula is C16H21ClN2. The summed E-state index contributed by atoms with van der Waals surface area (Å²) in [6.45, 7) is 2.31. The van der Waals surface area contributed by atoms with Crippen LogP contribution in [0.5, 0.6) is 0 Å². The third-order valence-electron chi connectivity index (χ3n) is 4.36. The van der Waals surface area contributed by atoms with Crippen LogP contribution in [-0.2, 0) is 6.54 Å². The summed E-state index contributed by atoms with van der Waals surface area (Å²) in [6, 6.07) is 9.02. The first kappa shape index (κ1) is 13.0. The molecule has 3 heteroatoms. The molecule has 3 rings (SSSR count). The van der Waals surface area contributed by atoms with Crippen molar-refractivity contribution in [2.24, 2.45) is 0 Å². The fourth-order valence-electron chi connectivity index (χ4n) is 3.20. The number of hydrogen-bond donors (Lipinski definition) is 0. The van der Waals surface area contributed by atoms with Crippen molar-refractivity contribution >= 4 is 22.5 Å². The van der Waals surface area contributed by atoms with Crippen molar-refractivity contribution in [2.75, 3.05) is 13.6 Å². The van der Waals surface area contributed by atoms with Gasteiger partial charge in [-0.3, -0.25) is 0 Å². The lowest BCUT2D eigenvalue weighted by atomic mass is 10.0. The van der Waals surface area contributed by atoms with Crippen LogP contribution in [0.3, 0.4) is 0 Å². The highest BCUT2D eigenvalue weighted by atomic mass is 35.5. The average Bonchev–Trinajstić information content (AvgIpc) is 2.83. The first-order valence-corrected chi connectivity index (χ1v) is 7.57. The maximum absolute atomic E-state index is 6.32. The molecule has 2 aromatic rings. The average molecular weight is 277 g/mol. The molecule has 0 radical (unpaired) electrons. The van der Waals surface area contributed by atoms with Gasteiger partial charge in [0.15, 0.2) is 0 Å². The Morgan fingerprint density at radius 1 is 1.26 bits per heavy atom. The number of halogens is 1. The highest BCUT2D eigenvalue weighted by Gasteiger charge is 2.18. The standard InChI is InChI=1S/C16H21ClN2/c1-18-10-3-2-6-14(18)9-12-19-11-8-13-5-4-7-15(17)16(13)19/h4-5,7-8,11,14H,2-3,6,9-10,12H2,1H3. The number of piperidine rings is 1. The van der Waals surface area contributed by atoms with E-state index in [1.54, 1.807) is 0 Å². The fraction of sp³-hybridized carbons (Fsp3) is 0.500. The molecule has 2 heterocycles. The monoisotopic (exact) mass is 276 g/mol. The molecule has 1 fully saturated rings. The molecule has 2 nitrogen and oxygen atoms in total. The molecule has 1 aromatic heterocycles. The van der Waals surface area contributed by atoms with Gasteiger partial charge in [-0.05, 0) is 45.0 Å². The lowest BCUT2D eigenvalue weighted by Gasteiger charge is -2.32. The molecule has 1 aromatic carbocycles. The van der Waals surface area contributed by atoms with Gasteiger partial charge in [-0.1, -0.05) is 30.2 Å². The van der Waals surface area contributed by atoms with Gasteiger partial charge < -0.3 is 9.47 Å². The SMILES string of the molecule is CN1CCCCC1CCn1ccc2cccc(Cl)c21. The number of para-hydroxylation sites is 1. The number of benzene rings is 1. The molecular weight excluding hydrogens is 256 g/mol. The Morgan fingerprint density at radius 2 is 2.16 bits per heavy atom. The second-order valence-electron chi connectivity index (χ2n) is 5.61. The first-order chi connectivity index (χ1) is 9.25. The van der Waals surface area contributed by atoms with Gasteiger partial charge in [-0.15, -0.1) is 0 Å². The highest BCUT2D eigenvalue weighted by Crippen LogP contribution is 2.25. The van der Waals surface area contributed by atoms with Gasteiger partial charge in [0.05, 0.1) is 10.5 Å². The van der Waals surface area contributed by atoms with Gasteiger partial charge in [0, 0.05) is 24.2 Å². The van der Waals surface area contributed by atoms with E-state index in [-0.39, 0.29) is 0 Å². The summed E-state index contributed by atoms with van der Waals surface area (Å²) in [5.74, 6) is 0. The molecule has 102 valence electrons. The Kier molecular flexibility index (Phi) is 3.81. The Balaban J connectivity index is 1.75. The van der Waals surface area contributed by atoms with E-state index in [0.717, 1.165) is 17.6 Å². The third-order valence-corrected chi connectivity index (χ3v) is 4.67. The molecule has 1 saturated heterocycles. The summed E-state index contributed by atoms with van der Waals surface area (Å²) < 4.78 is 2.31. The lowest BCUT2D eigenvalue weighted by molar-refractivity contribution is 0.171. The number of fused-ring (bicyclic) bond motifs is 1. The number of likely N-dealkylation sites (tertiary alicyclic amines) is 1. The molecule has 1 atom stereocenters. The maximum atomic E-state index is 6.32. The van der Waals surface area contributed by atoms with Crippen LogP contribution in [0.15, 0.2) is 30.5 Å². The van der Waals surface area contributed by atoms with E-state index in [0.29, 0.717) is 0 Å². The van der Waals surface area contributed by atoms with Crippen LogP contribution in [0.25, 0.3) is 10.9 Å². The van der Waals surface area contributed by atoms with E-state index in [1.807, 2.05) is 12.1 Å². The predicted molar refractivity (Wildman–Crippen MR) is 81.8 cm³/mol. The molecule has 0 N–H and O–H groups in total. The second kappa shape index (κ2) is 5.56. The van der Waals surface area contributed by atoms with Crippen molar-refractivity contribution in [3.05, 3.63) is 35.5 Å². The van der Waals surface area contributed by atoms with E-state index >= 15 is 0 Å². The van der Waals surface area contributed by atoms with Crippen molar-refractivity contribution in [1.82, 2.24) is 9.47 Å². The molecule has 0 saturated carbocycles. The minimum Gasteiger partial charge on any atom is -0.346 e. The zero-order chi connectivity index (χ0) is 13.2. The summed E-state index contributed by atoms with van der Waals surface area (Å²) in [4.78, 5) is 2.51. The Hall–Kier alpha value is -0.990. The topological polar surface area (TPSA) is 8.17 Å². The normalized spacial score (nSPS) is 21.1. The molecule has 0 bridgehead atoms. The van der Waals surface area contributed by atoms with E-state index in [2.05, 4.69) is 34.8 Å². The minimum atomic E-state index is 0.730. The Bertz CT molecular complexity index is 561. The summed E-state index contributed by atoms with van der Waals surface area (Å²) in [5.41, 5.74) is 1.18. The van der Waals surface area contributed by atoms with Crippen LogP contribution in [0.1, 0.15) is 25.7 Å². The predicted octanol–water partition coefficient (Wildman–Crippen LogP) is 4.17. The minimum absolute atomic E-state index is 0.730. The number of nitrogens with zero attached hydrogens (tertiary/aromatic N) is 2. The maximum Gasteiger partial charge on any atom is 0.0669 e. The Morgan fingerprint density at radius 3 is 3.00 bits per heavy atom. The van der Waals surface area contributed by atoms with E-state index in [9.17, 15) is 0 Å². The zero-order valence-electron chi connectivity index (χ0n) is 11.5. The number of rotatable bonds is 3. The van der Waals surface area contributed by atoms with Gasteiger partial charge in [0.2, 0.25) is 0 Å². The van der Waals surface area contributed by atoms with Crippen LogP contribution in [-0.4, -0.2) is 29.1 Å². The summed E-state index contributed by atoms with van der Waals surface area (Å²) in [5, 5.41) is 2.10. The van der Waals surface area contributed by atoms with Crippen LogP contribution in [0.4, 0.5) is 0 Å². The highest BCUT2D eigenvalue weighted by molar-refractivity contribution is 6.35. The summed E-state index contributed by atoms with van der Waals surface area (Å²) in [6.07, 6.45) is 7.45. The van der Waals surface area contributed by atoms with Gasteiger partial charge >= 0.3 is 0 Å². The van der Waals surface area contributed by atoms with Gasteiger partial charge in [0.25, 0.3) is 0 Å². The van der Waals surface area contributed by atoms with Crippen LogP contribution in [0, 0.1) is 0 Å². The summed E-state index contributed by atoms with van der Waals surface area (Å²) >= 11 is 6.32. The molecule has 1 aliphatic rings.